The van der Waals surface area contributed by atoms with Gasteiger partial charge in [-0.05, 0) is 86.8 Å². The largest absolute Gasteiger partial charge is 0.466 e. The van der Waals surface area contributed by atoms with Gasteiger partial charge in [0.05, 0.1) is 18.6 Å². The number of nitrogens with zero attached hydrogens (tertiary/aromatic N) is 1. The first kappa shape index (κ1) is 18.4. The van der Waals surface area contributed by atoms with E-state index in [2.05, 4.69) is 67.8 Å². The fourth-order valence-corrected chi connectivity index (χ4v) is 3.90. The highest BCUT2D eigenvalue weighted by molar-refractivity contribution is 14.1. The summed E-state index contributed by atoms with van der Waals surface area (Å²) in [6, 6.07) is 3.89. The molecule has 0 saturated heterocycles. The Kier molecular flexibility index (Phi) is 8.01. The summed E-state index contributed by atoms with van der Waals surface area (Å²) in [4.78, 5) is 25.3. The minimum absolute atomic E-state index is 0.0740. The summed E-state index contributed by atoms with van der Waals surface area (Å²) in [5.41, 5.74) is 0.674. The van der Waals surface area contributed by atoms with Crippen molar-refractivity contribution < 1.29 is 14.3 Å². The van der Waals surface area contributed by atoms with E-state index in [-0.39, 0.29) is 18.3 Å². The molecule has 0 N–H and O–H groups in total. The zero-order valence-corrected chi connectivity index (χ0v) is 17.6. The Balaban J connectivity index is 2.77. The van der Waals surface area contributed by atoms with E-state index in [1.54, 1.807) is 18.9 Å². The molecule has 20 heavy (non-hydrogen) atoms. The lowest BCUT2D eigenvalue weighted by molar-refractivity contribution is -0.143. The molecule has 4 nitrogen and oxygen atoms in total. The van der Waals surface area contributed by atoms with E-state index in [9.17, 15) is 9.59 Å². The third kappa shape index (κ3) is 5.28. The van der Waals surface area contributed by atoms with Gasteiger partial charge < -0.3 is 9.64 Å². The van der Waals surface area contributed by atoms with Gasteiger partial charge in [-0.2, -0.15) is 0 Å². The average Bonchev–Trinajstić information content (AvgIpc) is 2.39. The van der Waals surface area contributed by atoms with Crippen LogP contribution in [0.3, 0.4) is 0 Å². The second kappa shape index (κ2) is 8.71. The number of amides is 1. The third-order valence-electron chi connectivity index (χ3n) is 2.53. The summed E-state index contributed by atoms with van der Waals surface area (Å²) in [5, 5.41) is 0. The molecule has 0 radical (unpaired) electrons. The van der Waals surface area contributed by atoms with Crippen LogP contribution in [0.1, 0.15) is 23.7 Å². The molecule has 0 aliphatic carbocycles. The van der Waals surface area contributed by atoms with Gasteiger partial charge in [0.15, 0.2) is 0 Å². The predicted octanol–water partition coefficient (Wildman–Crippen LogP) is 3.53. The number of benzene rings is 1. The van der Waals surface area contributed by atoms with E-state index in [4.69, 9.17) is 4.74 Å². The molecule has 0 fully saturated rings. The molecule has 7 heteroatoms. The highest BCUT2D eigenvalue weighted by Gasteiger charge is 2.18. The van der Waals surface area contributed by atoms with Crippen molar-refractivity contribution in [2.75, 3.05) is 20.2 Å². The van der Waals surface area contributed by atoms with Crippen molar-refractivity contribution in [3.8, 4) is 0 Å². The molecule has 0 aromatic heterocycles. The first-order valence-corrected chi connectivity index (χ1v) is 9.16. The van der Waals surface area contributed by atoms with Crippen molar-refractivity contribution >= 4 is 79.6 Å². The zero-order chi connectivity index (χ0) is 15.3. The number of carbonyl (C=O) groups excluding carboxylic acids is 2. The Bertz CT molecular complexity index is 520. The van der Waals surface area contributed by atoms with E-state index in [1.165, 1.54) is 0 Å². The van der Waals surface area contributed by atoms with Crippen molar-refractivity contribution in [3.05, 3.63) is 28.4 Å². The molecular weight excluding hydrogens is 599 g/mol. The van der Waals surface area contributed by atoms with Crippen LogP contribution in [-0.2, 0) is 9.53 Å². The van der Waals surface area contributed by atoms with Crippen molar-refractivity contribution in [3.63, 3.8) is 0 Å². The summed E-state index contributed by atoms with van der Waals surface area (Å²) >= 11 is 6.59. The van der Waals surface area contributed by atoms with Crippen molar-refractivity contribution in [2.45, 2.75) is 13.3 Å². The highest BCUT2D eigenvalue weighted by Crippen LogP contribution is 2.23. The van der Waals surface area contributed by atoms with Crippen LogP contribution >= 0.6 is 67.8 Å². The summed E-state index contributed by atoms with van der Waals surface area (Å²) in [6.45, 7) is 2.49. The third-order valence-corrected chi connectivity index (χ3v) is 6.19. The quantitative estimate of drug-likeness (QED) is 0.291. The van der Waals surface area contributed by atoms with Crippen molar-refractivity contribution in [1.29, 1.82) is 0 Å². The molecule has 1 amide bonds. The zero-order valence-electron chi connectivity index (χ0n) is 11.1. The molecule has 110 valence electrons. The number of hydrogen-bond donors (Lipinski definition) is 0. The summed E-state index contributed by atoms with van der Waals surface area (Å²) < 4.78 is 7.88. The van der Waals surface area contributed by atoms with Crippen LogP contribution in [0.4, 0.5) is 0 Å². The van der Waals surface area contributed by atoms with E-state index in [1.807, 2.05) is 12.1 Å². The predicted molar refractivity (Wildman–Crippen MR) is 103 cm³/mol. The van der Waals surface area contributed by atoms with Crippen molar-refractivity contribution in [1.82, 2.24) is 4.90 Å². The van der Waals surface area contributed by atoms with Gasteiger partial charge in [-0.25, -0.2) is 0 Å². The Morgan fingerprint density at radius 1 is 1.25 bits per heavy atom. The van der Waals surface area contributed by atoms with Crippen LogP contribution in [0.25, 0.3) is 0 Å². The van der Waals surface area contributed by atoms with Gasteiger partial charge in [-0.3, -0.25) is 9.59 Å². The monoisotopic (exact) mass is 613 g/mol. The average molecular weight is 613 g/mol. The molecule has 0 aliphatic heterocycles. The normalized spacial score (nSPS) is 10.2. The maximum absolute atomic E-state index is 12.4. The maximum atomic E-state index is 12.4. The maximum Gasteiger partial charge on any atom is 0.307 e. The molecule has 0 atom stereocenters. The van der Waals surface area contributed by atoms with Gasteiger partial charge in [0.25, 0.3) is 5.91 Å². The van der Waals surface area contributed by atoms with E-state index >= 15 is 0 Å². The summed E-state index contributed by atoms with van der Waals surface area (Å²) in [6.07, 6.45) is 0.216. The fourth-order valence-electron chi connectivity index (χ4n) is 1.51. The topological polar surface area (TPSA) is 46.6 Å². The smallest absolute Gasteiger partial charge is 0.307 e. The van der Waals surface area contributed by atoms with Gasteiger partial charge in [-0.15, -0.1) is 0 Å². The number of hydrogen-bond acceptors (Lipinski definition) is 3. The molecule has 0 spiro atoms. The number of rotatable bonds is 5. The first-order valence-electron chi connectivity index (χ1n) is 5.92. The van der Waals surface area contributed by atoms with Crippen LogP contribution in [-0.4, -0.2) is 37.0 Å². The Hall–Kier alpha value is 0.350. The molecule has 0 saturated carbocycles. The fraction of sp³-hybridized carbons (Fsp3) is 0.385. The number of carbonyl (C=O) groups is 2. The molecule has 1 aromatic rings. The molecule has 1 aromatic carbocycles. The van der Waals surface area contributed by atoms with Crippen LogP contribution in [0.15, 0.2) is 12.1 Å². The standard InChI is InChI=1S/C13H14I3NO3/c1-3-20-11(18)4-5-17(2)13(19)9-6-8(14)7-10(15)12(9)16/h6-7H,3-5H2,1-2H3. The minimum atomic E-state index is -0.279. The van der Waals surface area contributed by atoms with Gasteiger partial charge >= 0.3 is 5.97 Å². The van der Waals surface area contributed by atoms with Gasteiger partial charge in [0, 0.05) is 24.3 Å². The van der Waals surface area contributed by atoms with Gasteiger partial charge in [0.1, 0.15) is 0 Å². The second-order valence-corrected chi connectivity index (χ2v) is 7.52. The number of ether oxygens (including phenoxy) is 1. The first-order chi connectivity index (χ1) is 9.36. The van der Waals surface area contributed by atoms with Crippen LogP contribution in [0.2, 0.25) is 0 Å². The van der Waals surface area contributed by atoms with Gasteiger partial charge in [-0.1, -0.05) is 0 Å². The minimum Gasteiger partial charge on any atom is -0.466 e. The van der Waals surface area contributed by atoms with Crippen LogP contribution in [0.5, 0.6) is 0 Å². The molecule has 0 heterocycles. The Labute approximate surface area is 159 Å². The summed E-state index contributed by atoms with van der Waals surface area (Å²) in [5.74, 6) is -0.353. The SMILES string of the molecule is CCOC(=O)CCN(C)C(=O)c1cc(I)cc(I)c1I. The molecule has 0 bridgehead atoms. The highest BCUT2D eigenvalue weighted by atomic mass is 127. The number of esters is 1. The lowest BCUT2D eigenvalue weighted by atomic mass is 10.2. The van der Waals surface area contributed by atoms with Crippen LogP contribution in [0, 0.1) is 10.7 Å². The molecule has 1 rings (SSSR count). The number of halogens is 3. The lowest BCUT2D eigenvalue weighted by Crippen LogP contribution is -2.30. The van der Waals surface area contributed by atoms with Crippen LogP contribution < -0.4 is 0 Å². The summed E-state index contributed by atoms with van der Waals surface area (Å²) in [7, 11) is 1.70. The van der Waals surface area contributed by atoms with E-state index in [0.29, 0.717) is 18.7 Å². The molecule has 0 aliphatic rings. The molecular formula is C13H14I3NO3. The van der Waals surface area contributed by atoms with Crippen molar-refractivity contribution in [2.24, 2.45) is 0 Å². The Morgan fingerprint density at radius 2 is 1.90 bits per heavy atom. The second-order valence-electron chi connectivity index (χ2n) is 4.03. The van der Waals surface area contributed by atoms with Gasteiger partial charge in [0.2, 0.25) is 0 Å². The molecule has 0 unspecified atom stereocenters. The van der Waals surface area contributed by atoms with E-state index in [0.717, 1.165) is 10.7 Å². The van der Waals surface area contributed by atoms with E-state index < -0.39 is 0 Å². The Morgan fingerprint density at radius 3 is 2.50 bits per heavy atom. The lowest BCUT2D eigenvalue weighted by Gasteiger charge is -2.18.